The Hall–Kier alpha value is -2.00. The highest BCUT2D eigenvalue weighted by Gasteiger charge is 2.18. The van der Waals surface area contributed by atoms with Crippen LogP contribution in [0.4, 0.5) is 4.39 Å². The lowest BCUT2D eigenvalue weighted by Gasteiger charge is -2.08. The highest BCUT2D eigenvalue weighted by Crippen LogP contribution is 2.23. The van der Waals surface area contributed by atoms with Crippen LogP contribution in [-0.2, 0) is 17.3 Å². The smallest absolute Gasteiger partial charge is 0.281 e. The fraction of sp³-hybridized carbons (Fsp3) is 0.231. The molecule has 0 fully saturated rings. The van der Waals surface area contributed by atoms with Gasteiger partial charge in [0.25, 0.3) is 5.56 Å². The van der Waals surface area contributed by atoms with Gasteiger partial charge in [-0.1, -0.05) is 11.3 Å². The number of nitrogens with zero attached hydrogens (tertiary/aromatic N) is 4. The summed E-state index contributed by atoms with van der Waals surface area (Å²) in [6.07, 6.45) is 2.81. The van der Waals surface area contributed by atoms with Gasteiger partial charge in [-0.15, -0.1) is 0 Å². The zero-order valence-electron chi connectivity index (χ0n) is 11.7. The molecule has 3 rings (SSSR count). The van der Waals surface area contributed by atoms with Gasteiger partial charge in [0.1, 0.15) is 11.5 Å². The van der Waals surface area contributed by atoms with Gasteiger partial charge in [-0.3, -0.25) is 18.6 Å². The number of pyridine rings is 1. The quantitative estimate of drug-likeness (QED) is 0.728. The molecule has 3 aromatic rings. The van der Waals surface area contributed by atoms with Crippen LogP contribution in [-0.4, -0.2) is 30.0 Å². The van der Waals surface area contributed by atoms with Crippen molar-refractivity contribution in [2.75, 3.05) is 6.26 Å². The maximum atomic E-state index is 13.4. The van der Waals surface area contributed by atoms with E-state index in [1.54, 1.807) is 6.92 Å². The molecule has 9 heteroatoms. The lowest BCUT2D eigenvalue weighted by atomic mass is 10.3. The molecule has 0 radical (unpaired) electrons. The number of halogens is 1. The van der Waals surface area contributed by atoms with E-state index in [1.165, 1.54) is 29.2 Å². The minimum absolute atomic E-state index is 0.178. The Bertz CT molecular complexity index is 951. The van der Waals surface area contributed by atoms with Crippen molar-refractivity contribution in [3.8, 4) is 11.5 Å². The van der Waals surface area contributed by atoms with Crippen molar-refractivity contribution in [3.63, 3.8) is 0 Å². The Kier molecular flexibility index (Phi) is 3.83. The van der Waals surface area contributed by atoms with Gasteiger partial charge in [-0.2, -0.15) is 0 Å². The first kappa shape index (κ1) is 14.9. The first-order valence-corrected chi connectivity index (χ1v) is 8.75. The number of hydrogen-bond donors (Lipinski definition) is 0. The average Bonchev–Trinajstić information content (AvgIpc) is 2.92. The highest BCUT2D eigenvalue weighted by molar-refractivity contribution is 7.86. The van der Waals surface area contributed by atoms with Crippen molar-refractivity contribution in [2.45, 2.75) is 17.8 Å². The topological polar surface area (TPSA) is 77.7 Å². The fourth-order valence-corrected chi connectivity index (χ4v) is 3.62. The summed E-state index contributed by atoms with van der Waals surface area (Å²) in [5.41, 5.74) is 0.104. The Balaban J connectivity index is 2.35. The maximum absolute atomic E-state index is 13.4. The van der Waals surface area contributed by atoms with Crippen LogP contribution in [0.25, 0.3) is 21.9 Å². The van der Waals surface area contributed by atoms with Crippen molar-refractivity contribution in [1.82, 2.24) is 19.5 Å². The van der Waals surface area contributed by atoms with Crippen LogP contribution >= 0.6 is 11.3 Å². The molecule has 0 N–H and O–H groups in total. The monoisotopic (exact) mass is 338 g/mol. The number of fused-ring (bicyclic) bond motifs is 1. The normalized spacial score (nSPS) is 12.7. The number of hydrogen-bond acceptors (Lipinski definition) is 6. The van der Waals surface area contributed by atoms with Crippen LogP contribution in [0.3, 0.4) is 0 Å². The summed E-state index contributed by atoms with van der Waals surface area (Å²) in [7, 11) is -1.29. The predicted molar refractivity (Wildman–Crippen MR) is 82.9 cm³/mol. The van der Waals surface area contributed by atoms with Crippen LogP contribution in [0.15, 0.2) is 27.5 Å². The molecular weight excluding hydrogens is 327 g/mol. The second-order valence-electron chi connectivity index (χ2n) is 4.43. The molecule has 1 atom stereocenters. The fourth-order valence-electron chi connectivity index (χ4n) is 2.03. The minimum atomic E-state index is -1.29. The van der Waals surface area contributed by atoms with E-state index in [0.29, 0.717) is 15.7 Å². The summed E-state index contributed by atoms with van der Waals surface area (Å²) >= 11 is 1.09. The number of rotatable bonds is 3. The molecule has 0 amide bonds. The standard InChI is InChI=1S/C13H11FN4O2S2/c1-3-18-10(8-6-7(14)4-5-15-8)17-11-9(12(18)19)16-13(21-11)22(2)20/h4-6H,3H2,1-2H3. The van der Waals surface area contributed by atoms with Crippen LogP contribution in [0.5, 0.6) is 0 Å². The molecule has 0 aliphatic carbocycles. The van der Waals surface area contributed by atoms with Gasteiger partial charge < -0.3 is 0 Å². The van der Waals surface area contributed by atoms with Crippen LogP contribution in [0.2, 0.25) is 0 Å². The first-order valence-electron chi connectivity index (χ1n) is 6.38. The molecule has 0 saturated heterocycles. The lowest BCUT2D eigenvalue weighted by molar-refractivity contribution is 0.625. The molecular formula is C13H11FN4O2S2. The second kappa shape index (κ2) is 5.65. The summed E-state index contributed by atoms with van der Waals surface area (Å²) in [6, 6.07) is 2.45. The third-order valence-electron chi connectivity index (χ3n) is 3.01. The number of aromatic nitrogens is 4. The SMILES string of the molecule is CCn1c(-c2cc(F)ccn2)nc2sc(S(C)=O)nc2c1=O. The van der Waals surface area contributed by atoms with E-state index in [2.05, 4.69) is 15.0 Å². The maximum Gasteiger partial charge on any atom is 0.281 e. The molecule has 1 unspecified atom stereocenters. The molecule has 0 spiro atoms. The number of thiazole rings is 1. The van der Waals surface area contributed by atoms with Crippen molar-refractivity contribution in [2.24, 2.45) is 0 Å². The van der Waals surface area contributed by atoms with Gasteiger partial charge in [-0.05, 0) is 13.0 Å². The first-order chi connectivity index (χ1) is 10.5. The van der Waals surface area contributed by atoms with E-state index in [1.807, 2.05) is 0 Å². The van der Waals surface area contributed by atoms with E-state index in [0.717, 1.165) is 11.3 Å². The Labute approximate surface area is 131 Å². The molecule has 0 saturated carbocycles. The van der Waals surface area contributed by atoms with E-state index in [-0.39, 0.29) is 22.6 Å². The Morgan fingerprint density at radius 1 is 1.41 bits per heavy atom. The summed E-state index contributed by atoms with van der Waals surface area (Å²) < 4.78 is 26.7. The predicted octanol–water partition coefficient (Wildman–Crippen LogP) is 1.81. The molecule has 0 bridgehead atoms. The van der Waals surface area contributed by atoms with Gasteiger partial charge in [0.15, 0.2) is 20.5 Å². The van der Waals surface area contributed by atoms with Crippen LogP contribution in [0, 0.1) is 5.82 Å². The van der Waals surface area contributed by atoms with E-state index < -0.39 is 16.6 Å². The van der Waals surface area contributed by atoms with Crippen molar-refractivity contribution in [3.05, 3.63) is 34.5 Å². The van der Waals surface area contributed by atoms with Gasteiger partial charge >= 0.3 is 0 Å². The average molecular weight is 338 g/mol. The zero-order valence-corrected chi connectivity index (χ0v) is 13.4. The van der Waals surface area contributed by atoms with Crippen molar-refractivity contribution >= 4 is 32.5 Å². The lowest BCUT2D eigenvalue weighted by Crippen LogP contribution is -2.23. The second-order valence-corrected chi connectivity index (χ2v) is 6.96. The molecule has 0 aliphatic heterocycles. The summed E-state index contributed by atoms with van der Waals surface area (Å²) in [5, 5.41) is 0. The van der Waals surface area contributed by atoms with Gasteiger partial charge in [0.05, 0.1) is 10.8 Å². The molecule has 114 valence electrons. The molecule has 6 nitrogen and oxygen atoms in total. The van der Waals surface area contributed by atoms with Crippen molar-refractivity contribution in [1.29, 1.82) is 0 Å². The summed E-state index contributed by atoms with van der Waals surface area (Å²) in [6.45, 7) is 2.13. The van der Waals surface area contributed by atoms with E-state index in [9.17, 15) is 13.4 Å². The third-order valence-corrected chi connectivity index (χ3v) is 5.29. The van der Waals surface area contributed by atoms with Crippen LogP contribution < -0.4 is 5.56 Å². The molecule has 22 heavy (non-hydrogen) atoms. The van der Waals surface area contributed by atoms with Gasteiger partial charge in [0, 0.05) is 25.1 Å². The molecule has 3 aromatic heterocycles. The van der Waals surface area contributed by atoms with Gasteiger partial charge in [-0.25, -0.2) is 14.4 Å². The Morgan fingerprint density at radius 3 is 2.82 bits per heavy atom. The third kappa shape index (κ3) is 2.46. The highest BCUT2D eigenvalue weighted by atomic mass is 32.2. The van der Waals surface area contributed by atoms with E-state index >= 15 is 0 Å². The summed E-state index contributed by atoms with van der Waals surface area (Å²) in [4.78, 5) is 25.4. The largest absolute Gasteiger partial charge is 0.290 e. The molecule has 0 aliphatic rings. The Morgan fingerprint density at radius 2 is 2.18 bits per heavy atom. The summed E-state index contributed by atoms with van der Waals surface area (Å²) in [5.74, 6) is -0.182. The van der Waals surface area contributed by atoms with E-state index in [4.69, 9.17) is 0 Å². The minimum Gasteiger partial charge on any atom is -0.290 e. The van der Waals surface area contributed by atoms with Crippen LogP contribution in [0.1, 0.15) is 6.92 Å². The van der Waals surface area contributed by atoms with Crippen molar-refractivity contribution < 1.29 is 8.60 Å². The zero-order chi connectivity index (χ0) is 15.9. The van der Waals surface area contributed by atoms with Gasteiger partial charge in [0.2, 0.25) is 0 Å². The molecule has 3 heterocycles. The molecule has 0 aromatic carbocycles.